The van der Waals surface area contributed by atoms with Crippen molar-refractivity contribution in [3.63, 3.8) is 0 Å². The summed E-state index contributed by atoms with van der Waals surface area (Å²) < 4.78 is 0. The number of nitrogens with one attached hydrogen (secondary N) is 1. The first-order valence-electron chi connectivity index (χ1n) is 8.77. The fourth-order valence-corrected chi connectivity index (χ4v) is 3.86. The predicted octanol–water partition coefficient (Wildman–Crippen LogP) is 4.33. The van der Waals surface area contributed by atoms with Crippen LogP contribution in [0.5, 0.6) is 0 Å². The zero-order valence-corrected chi connectivity index (χ0v) is 16.3. The second-order valence-corrected chi connectivity index (χ2v) is 7.96. The van der Waals surface area contributed by atoms with Gasteiger partial charge in [0, 0.05) is 12.6 Å². The Morgan fingerprint density at radius 3 is 2.70 bits per heavy atom. The molecule has 1 aromatic heterocycles. The zero-order chi connectivity index (χ0) is 19.8. The molecule has 0 saturated heterocycles. The van der Waals surface area contributed by atoms with Gasteiger partial charge < -0.3 is 10.2 Å². The third-order valence-corrected chi connectivity index (χ3v) is 5.65. The third-order valence-electron chi connectivity index (χ3n) is 4.78. The normalized spacial score (nSPS) is 14.9. The van der Waals surface area contributed by atoms with Gasteiger partial charge >= 0.3 is 0 Å². The van der Waals surface area contributed by atoms with E-state index in [1.807, 2.05) is 6.92 Å². The number of rotatable bonds is 6. The second-order valence-electron chi connectivity index (χ2n) is 7.01. The van der Waals surface area contributed by atoms with Gasteiger partial charge in [-0.3, -0.25) is 19.7 Å². The first-order chi connectivity index (χ1) is 12.8. The fraction of sp³-hybridized carbons (Fsp3) is 0.368. The monoisotopic (exact) mass is 387 g/mol. The van der Waals surface area contributed by atoms with Crippen LogP contribution in [0.15, 0.2) is 29.6 Å². The van der Waals surface area contributed by atoms with E-state index in [0.29, 0.717) is 22.7 Å². The molecule has 2 amide bonds. The second kappa shape index (κ2) is 7.11. The molecule has 0 atom stereocenters. The van der Waals surface area contributed by atoms with Crippen molar-refractivity contribution in [2.24, 2.45) is 0 Å². The summed E-state index contributed by atoms with van der Waals surface area (Å²) in [5, 5.41) is 16.0. The minimum Gasteiger partial charge on any atom is -0.316 e. The number of nitro benzene ring substituents is 1. The molecule has 7 nitrogen and oxygen atoms in total. The van der Waals surface area contributed by atoms with E-state index < -0.39 is 16.2 Å². The molecule has 0 radical (unpaired) electrons. The van der Waals surface area contributed by atoms with Gasteiger partial charge in [0.15, 0.2) is 0 Å². The summed E-state index contributed by atoms with van der Waals surface area (Å²) in [6.45, 7) is 6.15. The van der Waals surface area contributed by atoms with Crippen LogP contribution in [0, 0.1) is 10.1 Å². The van der Waals surface area contributed by atoms with Crippen molar-refractivity contribution in [2.45, 2.75) is 39.0 Å². The minimum atomic E-state index is -0.805. The summed E-state index contributed by atoms with van der Waals surface area (Å²) in [6.07, 6.45) is 1.72. The zero-order valence-electron chi connectivity index (χ0n) is 15.4. The van der Waals surface area contributed by atoms with Crippen LogP contribution in [0.2, 0.25) is 0 Å². The molecule has 0 unspecified atom stereocenters. The molecule has 0 fully saturated rings. The van der Waals surface area contributed by atoms with Crippen LogP contribution >= 0.6 is 11.3 Å². The van der Waals surface area contributed by atoms with Crippen molar-refractivity contribution in [1.29, 1.82) is 0 Å². The Morgan fingerprint density at radius 2 is 2.11 bits per heavy atom. The Morgan fingerprint density at radius 1 is 1.37 bits per heavy atom. The number of nitro groups is 1. The lowest BCUT2D eigenvalue weighted by molar-refractivity contribution is -0.383. The number of carbonyl (C=O) groups excluding carboxylic acids is 2. The molecule has 1 aliphatic rings. The molecule has 2 heterocycles. The van der Waals surface area contributed by atoms with Crippen LogP contribution in [-0.2, 0) is 10.2 Å². The molecule has 1 aliphatic heterocycles. The van der Waals surface area contributed by atoms with Crippen molar-refractivity contribution in [3.8, 4) is 0 Å². The van der Waals surface area contributed by atoms with E-state index in [2.05, 4.69) is 5.32 Å². The molecule has 1 aromatic carbocycles. The average molecular weight is 387 g/mol. The lowest BCUT2D eigenvalue weighted by atomic mass is 9.85. The molecule has 0 saturated carbocycles. The molecule has 27 heavy (non-hydrogen) atoms. The number of anilines is 2. The smallest absolute Gasteiger partial charge is 0.294 e. The van der Waals surface area contributed by atoms with Gasteiger partial charge in [-0.25, -0.2) is 0 Å². The van der Waals surface area contributed by atoms with E-state index in [9.17, 15) is 19.7 Å². The SMILES string of the molecule is CCCCN1C(=O)C(C)(C)c2cc(NC(=O)c3cccs3)c([N+](=O)[O-])cc21. The lowest BCUT2D eigenvalue weighted by Crippen LogP contribution is -2.36. The Kier molecular flexibility index (Phi) is 5.01. The van der Waals surface area contributed by atoms with Crippen LogP contribution < -0.4 is 10.2 Å². The highest BCUT2D eigenvalue weighted by molar-refractivity contribution is 7.12. The van der Waals surface area contributed by atoms with Gasteiger partial charge in [0.1, 0.15) is 5.69 Å². The molecular formula is C19H21N3O4S. The Bertz CT molecular complexity index is 906. The van der Waals surface area contributed by atoms with Gasteiger partial charge in [0.05, 0.1) is 20.9 Å². The van der Waals surface area contributed by atoms with E-state index in [1.54, 1.807) is 42.3 Å². The molecular weight excluding hydrogens is 366 g/mol. The molecule has 3 rings (SSSR count). The number of fused-ring (bicyclic) bond motifs is 1. The maximum absolute atomic E-state index is 12.9. The van der Waals surface area contributed by atoms with E-state index in [-0.39, 0.29) is 17.3 Å². The number of carbonyl (C=O) groups is 2. The van der Waals surface area contributed by atoms with Gasteiger partial charge in [-0.15, -0.1) is 11.3 Å². The largest absolute Gasteiger partial charge is 0.316 e. The lowest BCUT2D eigenvalue weighted by Gasteiger charge is -2.19. The molecule has 2 aromatic rings. The number of unbranched alkanes of at least 4 members (excludes halogenated alkanes) is 1. The minimum absolute atomic E-state index is 0.0815. The highest BCUT2D eigenvalue weighted by atomic mass is 32.1. The van der Waals surface area contributed by atoms with E-state index >= 15 is 0 Å². The van der Waals surface area contributed by atoms with Crippen LogP contribution in [0.1, 0.15) is 48.8 Å². The van der Waals surface area contributed by atoms with Crippen molar-refractivity contribution in [1.82, 2.24) is 0 Å². The summed E-state index contributed by atoms with van der Waals surface area (Å²) in [5.74, 6) is -0.486. The molecule has 142 valence electrons. The highest BCUT2D eigenvalue weighted by Crippen LogP contribution is 2.46. The number of hydrogen-bond donors (Lipinski definition) is 1. The fourth-order valence-electron chi connectivity index (χ4n) is 3.24. The maximum atomic E-state index is 12.9. The predicted molar refractivity (Wildman–Crippen MR) is 106 cm³/mol. The van der Waals surface area contributed by atoms with E-state index in [0.717, 1.165) is 12.8 Å². The van der Waals surface area contributed by atoms with Gasteiger partial charge in [-0.05, 0) is 43.3 Å². The van der Waals surface area contributed by atoms with Crippen LogP contribution in [0.25, 0.3) is 0 Å². The standard InChI is InChI=1S/C19H21N3O4S/c1-4-5-8-21-14-11-15(22(25)26)13(10-12(14)19(2,3)18(21)24)20-17(23)16-7-6-9-27-16/h6-7,9-11H,4-5,8H2,1-3H3,(H,20,23). The first-order valence-corrected chi connectivity index (χ1v) is 9.65. The van der Waals surface area contributed by atoms with Crippen LogP contribution in [0.4, 0.5) is 17.1 Å². The maximum Gasteiger partial charge on any atom is 0.294 e. The summed E-state index contributed by atoms with van der Waals surface area (Å²) in [4.78, 5) is 38.4. The number of nitrogens with zero attached hydrogens (tertiary/aromatic N) is 2. The molecule has 1 N–H and O–H groups in total. The van der Waals surface area contributed by atoms with Crippen LogP contribution in [0.3, 0.4) is 0 Å². The summed E-state index contributed by atoms with van der Waals surface area (Å²) in [5.41, 5.74) is 0.330. The number of hydrogen-bond acceptors (Lipinski definition) is 5. The number of amides is 2. The van der Waals surface area contributed by atoms with Crippen molar-refractivity contribution in [3.05, 3.63) is 50.2 Å². The van der Waals surface area contributed by atoms with Gasteiger partial charge in [-0.1, -0.05) is 19.4 Å². The molecule has 0 bridgehead atoms. The first kappa shape index (κ1) is 19.0. The third kappa shape index (κ3) is 3.32. The summed E-state index contributed by atoms with van der Waals surface area (Å²) in [6, 6.07) is 6.37. The van der Waals surface area contributed by atoms with Crippen LogP contribution in [-0.4, -0.2) is 23.3 Å². The van der Waals surface area contributed by atoms with Gasteiger partial charge in [0.25, 0.3) is 11.6 Å². The quantitative estimate of drug-likeness (QED) is 0.590. The number of thiophene rings is 1. The van der Waals surface area contributed by atoms with Crippen molar-refractivity contribution in [2.75, 3.05) is 16.8 Å². The Hall–Kier alpha value is -2.74. The highest BCUT2D eigenvalue weighted by Gasteiger charge is 2.45. The van der Waals surface area contributed by atoms with E-state index in [4.69, 9.17) is 0 Å². The Labute approximate surface area is 161 Å². The topological polar surface area (TPSA) is 92.6 Å². The molecule has 8 heteroatoms. The summed E-state index contributed by atoms with van der Waals surface area (Å²) in [7, 11) is 0. The molecule has 0 aliphatic carbocycles. The number of benzene rings is 1. The van der Waals surface area contributed by atoms with Crippen molar-refractivity contribution >= 4 is 40.2 Å². The average Bonchev–Trinajstić information content (AvgIpc) is 3.21. The Balaban J connectivity index is 2.07. The summed E-state index contributed by atoms with van der Waals surface area (Å²) >= 11 is 1.26. The van der Waals surface area contributed by atoms with Gasteiger partial charge in [0.2, 0.25) is 5.91 Å². The van der Waals surface area contributed by atoms with Crippen molar-refractivity contribution < 1.29 is 14.5 Å². The van der Waals surface area contributed by atoms with Gasteiger partial charge in [-0.2, -0.15) is 0 Å². The van der Waals surface area contributed by atoms with E-state index in [1.165, 1.54) is 17.4 Å². The molecule has 0 spiro atoms.